The second-order valence-electron chi connectivity index (χ2n) is 7.09. The van der Waals surface area contributed by atoms with Crippen molar-refractivity contribution < 1.29 is 28.5 Å². The first kappa shape index (κ1) is 21.1. The van der Waals surface area contributed by atoms with E-state index in [2.05, 4.69) is 6.07 Å². The van der Waals surface area contributed by atoms with E-state index in [0.29, 0.717) is 22.8 Å². The van der Waals surface area contributed by atoms with Gasteiger partial charge in [-0.2, -0.15) is 5.26 Å². The molecule has 7 heteroatoms. The summed E-state index contributed by atoms with van der Waals surface area (Å²) in [5, 5.41) is 9.54. The van der Waals surface area contributed by atoms with Crippen molar-refractivity contribution in [3.05, 3.63) is 82.9 Å². The minimum absolute atomic E-state index is 0.176. The first-order valence-electron chi connectivity index (χ1n) is 9.95. The maximum atomic E-state index is 12.5. The van der Waals surface area contributed by atoms with Crippen molar-refractivity contribution >= 4 is 5.97 Å². The van der Waals surface area contributed by atoms with E-state index in [1.54, 1.807) is 24.3 Å². The van der Waals surface area contributed by atoms with Gasteiger partial charge in [-0.05, 0) is 30.7 Å². The van der Waals surface area contributed by atoms with Gasteiger partial charge < -0.3 is 23.7 Å². The molecule has 7 nitrogen and oxygen atoms in total. The molecule has 0 N–H and O–H groups in total. The van der Waals surface area contributed by atoms with Gasteiger partial charge in [-0.25, -0.2) is 4.79 Å². The Morgan fingerprint density at radius 1 is 1.12 bits per heavy atom. The Hall–Kier alpha value is -4.18. The van der Waals surface area contributed by atoms with Crippen LogP contribution in [-0.4, -0.2) is 19.9 Å². The quantitative estimate of drug-likeness (QED) is 0.510. The molecule has 32 heavy (non-hydrogen) atoms. The van der Waals surface area contributed by atoms with Gasteiger partial charge in [-0.1, -0.05) is 36.4 Å². The third-order valence-corrected chi connectivity index (χ3v) is 5.08. The number of ether oxygens (including phenoxy) is 5. The largest absolute Gasteiger partial charge is 0.489 e. The highest BCUT2D eigenvalue weighted by molar-refractivity contribution is 5.77. The van der Waals surface area contributed by atoms with E-state index in [-0.39, 0.29) is 24.7 Å². The van der Waals surface area contributed by atoms with Crippen LogP contribution in [0.1, 0.15) is 28.4 Å². The summed E-state index contributed by atoms with van der Waals surface area (Å²) in [5.41, 5.74) is 2.64. The number of nitrogens with zero attached hydrogens (tertiary/aromatic N) is 1. The van der Waals surface area contributed by atoms with Crippen molar-refractivity contribution in [1.29, 1.82) is 5.26 Å². The van der Waals surface area contributed by atoms with E-state index in [0.717, 1.165) is 11.1 Å². The molecule has 0 bridgehead atoms. The molecule has 1 atom stereocenters. The molecule has 3 aromatic rings. The number of esters is 1. The van der Waals surface area contributed by atoms with Crippen molar-refractivity contribution in [1.82, 2.24) is 0 Å². The monoisotopic (exact) mass is 431 g/mol. The normalized spacial score (nSPS) is 12.5. The van der Waals surface area contributed by atoms with Crippen molar-refractivity contribution in [2.75, 3.05) is 13.9 Å². The van der Waals surface area contributed by atoms with E-state index < -0.39 is 12.1 Å². The number of methoxy groups -OCH3 is 1. The summed E-state index contributed by atoms with van der Waals surface area (Å²) < 4.78 is 27.8. The number of carbonyl (C=O) groups is 1. The van der Waals surface area contributed by atoms with Crippen LogP contribution in [0.25, 0.3) is 0 Å². The first-order valence-corrected chi connectivity index (χ1v) is 9.95. The molecule has 0 aliphatic carbocycles. The lowest BCUT2D eigenvalue weighted by Crippen LogP contribution is -2.21. The lowest BCUT2D eigenvalue weighted by molar-refractivity contribution is -0.149. The predicted molar refractivity (Wildman–Crippen MR) is 115 cm³/mol. The number of para-hydroxylation sites is 1. The topological polar surface area (TPSA) is 87.0 Å². The molecule has 3 aromatic carbocycles. The summed E-state index contributed by atoms with van der Waals surface area (Å²) in [5.74, 6) is 1.47. The molecule has 0 radical (unpaired) electrons. The van der Waals surface area contributed by atoms with E-state index in [1.165, 1.54) is 7.11 Å². The molecular weight excluding hydrogens is 410 g/mol. The Balaban J connectivity index is 1.59. The number of aryl methyl sites for hydroxylation is 1. The van der Waals surface area contributed by atoms with Gasteiger partial charge in [0.2, 0.25) is 12.9 Å². The molecule has 0 fully saturated rings. The van der Waals surface area contributed by atoms with Crippen LogP contribution in [0.4, 0.5) is 0 Å². The molecule has 0 saturated heterocycles. The summed E-state index contributed by atoms with van der Waals surface area (Å²) in [6.45, 7) is 2.29. The highest BCUT2D eigenvalue weighted by atomic mass is 16.7. The number of rotatable bonds is 7. The lowest BCUT2D eigenvalue weighted by Gasteiger charge is -2.20. The second-order valence-corrected chi connectivity index (χ2v) is 7.09. The van der Waals surface area contributed by atoms with Gasteiger partial charge in [0, 0.05) is 17.2 Å². The zero-order valence-electron chi connectivity index (χ0n) is 17.7. The standard InChI is InChI=1S/C25H21NO6/c1-16-6-3-4-8-20(16)24(25(27)28-2)32-22-12-19(11-10-17(22)13-26)29-14-18-7-5-9-21-23(18)31-15-30-21/h3-12,24H,14-15H2,1-2H3. The number of hydrogen-bond acceptors (Lipinski definition) is 7. The fourth-order valence-corrected chi connectivity index (χ4v) is 3.40. The third-order valence-electron chi connectivity index (χ3n) is 5.08. The van der Waals surface area contributed by atoms with Gasteiger partial charge in [0.05, 0.1) is 12.7 Å². The molecule has 0 amide bonds. The lowest BCUT2D eigenvalue weighted by atomic mass is 10.0. The molecule has 1 aliphatic heterocycles. The van der Waals surface area contributed by atoms with Gasteiger partial charge in [0.25, 0.3) is 0 Å². The Bertz CT molecular complexity index is 1180. The Labute approximate surface area is 185 Å². The molecule has 0 spiro atoms. The fraction of sp³-hybridized carbons (Fsp3) is 0.200. The van der Waals surface area contributed by atoms with E-state index in [1.807, 2.05) is 43.3 Å². The van der Waals surface area contributed by atoms with E-state index in [9.17, 15) is 10.1 Å². The molecular formula is C25H21NO6. The molecule has 0 aromatic heterocycles. The summed E-state index contributed by atoms with van der Waals surface area (Å²) in [7, 11) is 1.30. The van der Waals surface area contributed by atoms with Crippen molar-refractivity contribution in [2.24, 2.45) is 0 Å². The number of carbonyl (C=O) groups excluding carboxylic acids is 1. The Morgan fingerprint density at radius 3 is 2.75 bits per heavy atom. The fourth-order valence-electron chi connectivity index (χ4n) is 3.40. The molecule has 1 aliphatic rings. The summed E-state index contributed by atoms with van der Waals surface area (Å²) in [6, 6.07) is 19.9. The molecule has 1 unspecified atom stereocenters. The van der Waals surface area contributed by atoms with Crippen LogP contribution in [0.15, 0.2) is 60.7 Å². The minimum Gasteiger partial charge on any atom is -0.489 e. The van der Waals surface area contributed by atoms with E-state index in [4.69, 9.17) is 23.7 Å². The van der Waals surface area contributed by atoms with Crippen molar-refractivity contribution in [2.45, 2.75) is 19.6 Å². The molecule has 1 heterocycles. The summed E-state index contributed by atoms with van der Waals surface area (Å²) in [6.07, 6.45) is -1.02. The molecule has 162 valence electrons. The third kappa shape index (κ3) is 4.30. The van der Waals surface area contributed by atoms with Crippen LogP contribution in [0.2, 0.25) is 0 Å². The van der Waals surface area contributed by atoms with Gasteiger partial charge in [-0.15, -0.1) is 0 Å². The highest BCUT2D eigenvalue weighted by Crippen LogP contribution is 2.36. The summed E-state index contributed by atoms with van der Waals surface area (Å²) >= 11 is 0. The summed E-state index contributed by atoms with van der Waals surface area (Å²) in [4.78, 5) is 12.5. The highest BCUT2D eigenvalue weighted by Gasteiger charge is 2.26. The van der Waals surface area contributed by atoms with Crippen LogP contribution < -0.4 is 18.9 Å². The van der Waals surface area contributed by atoms with E-state index >= 15 is 0 Å². The average molecular weight is 431 g/mol. The number of fused-ring (bicyclic) bond motifs is 1. The van der Waals surface area contributed by atoms with Crippen LogP contribution in [-0.2, 0) is 16.1 Å². The SMILES string of the molecule is COC(=O)C(Oc1cc(OCc2cccc3c2OCO3)ccc1C#N)c1ccccc1C. The maximum Gasteiger partial charge on any atom is 0.351 e. The van der Waals surface area contributed by atoms with Crippen molar-refractivity contribution in [3.63, 3.8) is 0 Å². The van der Waals surface area contributed by atoms with Crippen LogP contribution in [0, 0.1) is 18.3 Å². The van der Waals surface area contributed by atoms with Gasteiger partial charge in [0.15, 0.2) is 11.5 Å². The Morgan fingerprint density at radius 2 is 1.97 bits per heavy atom. The molecule has 4 rings (SSSR count). The average Bonchev–Trinajstić information content (AvgIpc) is 3.31. The second kappa shape index (κ2) is 9.31. The predicted octanol–water partition coefficient (Wildman–Crippen LogP) is 4.47. The zero-order chi connectivity index (χ0) is 22.5. The molecule has 0 saturated carbocycles. The van der Waals surface area contributed by atoms with Gasteiger partial charge in [0.1, 0.15) is 24.2 Å². The van der Waals surface area contributed by atoms with Gasteiger partial charge in [-0.3, -0.25) is 0 Å². The number of nitriles is 1. The van der Waals surface area contributed by atoms with Crippen LogP contribution in [0.3, 0.4) is 0 Å². The smallest absolute Gasteiger partial charge is 0.351 e. The first-order chi connectivity index (χ1) is 15.6. The van der Waals surface area contributed by atoms with Crippen molar-refractivity contribution in [3.8, 4) is 29.1 Å². The minimum atomic E-state index is -1.02. The maximum absolute atomic E-state index is 12.5. The number of benzene rings is 3. The zero-order valence-corrected chi connectivity index (χ0v) is 17.7. The van der Waals surface area contributed by atoms with Gasteiger partial charge >= 0.3 is 5.97 Å². The Kier molecular flexibility index (Phi) is 6.13. The van der Waals surface area contributed by atoms with Crippen LogP contribution >= 0.6 is 0 Å². The number of hydrogen-bond donors (Lipinski definition) is 0. The van der Waals surface area contributed by atoms with Crippen LogP contribution in [0.5, 0.6) is 23.0 Å².